The largest absolute Gasteiger partial charge is 0.494 e. The summed E-state index contributed by atoms with van der Waals surface area (Å²) in [6.07, 6.45) is 4.44. The van der Waals surface area contributed by atoms with Gasteiger partial charge in [0.15, 0.2) is 0 Å². The van der Waals surface area contributed by atoms with Crippen molar-refractivity contribution in [3.8, 4) is 5.75 Å². The second-order valence-corrected chi connectivity index (χ2v) is 6.66. The van der Waals surface area contributed by atoms with Crippen LogP contribution in [0.5, 0.6) is 5.75 Å². The number of carbonyl (C=O) groups excluding carboxylic acids is 1. The van der Waals surface area contributed by atoms with E-state index in [4.69, 9.17) is 16.3 Å². The normalized spacial score (nSPS) is 19.2. The first-order valence-corrected chi connectivity index (χ1v) is 8.77. The standard InChI is InChI=1S/C18H27ClN2O2/c1-4-23-17-10-9-15(19)12-14(17)13-21(3)18(22)16-8-6-5-7-11-20(16)2/h9-10,12,16H,4-8,11,13H2,1-3H3/t16-/m0/s1. The number of hydrogen-bond acceptors (Lipinski definition) is 3. The highest BCUT2D eigenvalue weighted by Crippen LogP contribution is 2.25. The molecule has 0 spiro atoms. The summed E-state index contributed by atoms with van der Waals surface area (Å²) in [4.78, 5) is 16.8. The minimum Gasteiger partial charge on any atom is -0.494 e. The summed E-state index contributed by atoms with van der Waals surface area (Å²) in [5, 5.41) is 0.663. The highest BCUT2D eigenvalue weighted by atomic mass is 35.5. The van der Waals surface area contributed by atoms with Crippen LogP contribution in [-0.2, 0) is 11.3 Å². The first-order chi connectivity index (χ1) is 11.0. The fourth-order valence-electron chi connectivity index (χ4n) is 3.12. The molecular weight excluding hydrogens is 312 g/mol. The molecule has 0 bridgehead atoms. The number of rotatable bonds is 5. The average molecular weight is 339 g/mol. The van der Waals surface area contributed by atoms with E-state index in [2.05, 4.69) is 4.90 Å². The topological polar surface area (TPSA) is 32.8 Å². The maximum absolute atomic E-state index is 12.8. The van der Waals surface area contributed by atoms with Crippen LogP contribution in [0.4, 0.5) is 0 Å². The molecule has 1 aliphatic rings. The lowest BCUT2D eigenvalue weighted by Crippen LogP contribution is -2.45. The number of nitrogens with zero attached hydrogens (tertiary/aromatic N) is 2. The van der Waals surface area contributed by atoms with Crippen molar-refractivity contribution in [1.29, 1.82) is 0 Å². The second kappa shape index (κ2) is 8.55. The number of benzene rings is 1. The van der Waals surface area contributed by atoms with Gasteiger partial charge in [-0.1, -0.05) is 24.4 Å². The number of ether oxygens (including phenoxy) is 1. The van der Waals surface area contributed by atoms with Gasteiger partial charge in [0.1, 0.15) is 5.75 Å². The van der Waals surface area contributed by atoms with E-state index in [-0.39, 0.29) is 11.9 Å². The Bertz CT molecular complexity index is 536. The van der Waals surface area contributed by atoms with Crippen molar-refractivity contribution in [1.82, 2.24) is 9.80 Å². The predicted octanol–water partition coefficient (Wildman–Crippen LogP) is 3.57. The van der Waals surface area contributed by atoms with Crippen LogP contribution in [0.3, 0.4) is 0 Å². The summed E-state index contributed by atoms with van der Waals surface area (Å²) < 4.78 is 5.65. The lowest BCUT2D eigenvalue weighted by Gasteiger charge is -2.29. The fraction of sp³-hybridized carbons (Fsp3) is 0.611. The number of hydrogen-bond donors (Lipinski definition) is 0. The zero-order valence-electron chi connectivity index (χ0n) is 14.3. The first kappa shape index (κ1) is 18.1. The molecule has 0 radical (unpaired) electrons. The summed E-state index contributed by atoms with van der Waals surface area (Å²) in [5.41, 5.74) is 0.950. The highest BCUT2D eigenvalue weighted by molar-refractivity contribution is 6.30. The molecular formula is C18H27ClN2O2. The molecule has 1 atom stereocenters. The maximum Gasteiger partial charge on any atom is 0.239 e. The highest BCUT2D eigenvalue weighted by Gasteiger charge is 2.27. The van der Waals surface area contributed by atoms with E-state index in [0.717, 1.165) is 30.7 Å². The van der Waals surface area contributed by atoms with Crippen LogP contribution in [0.25, 0.3) is 0 Å². The quantitative estimate of drug-likeness (QED) is 0.822. The van der Waals surface area contributed by atoms with Crippen molar-refractivity contribution < 1.29 is 9.53 Å². The van der Waals surface area contributed by atoms with Gasteiger partial charge >= 0.3 is 0 Å². The van der Waals surface area contributed by atoms with E-state index in [9.17, 15) is 4.79 Å². The Hall–Kier alpha value is -1.26. The lowest BCUT2D eigenvalue weighted by molar-refractivity contribution is -0.135. The van der Waals surface area contributed by atoms with Gasteiger partial charge in [0.05, 0.1) is 12.6 Å². The summed E-state index contributed by atoms with van der Waals surface area (Å²) in [7, 11) is 3.91. The van der Waals surface area contributed by atoms with E-state index in [1.165, 1.54) is 12.8 Å². The monoisotopic (exact) mass is 338 g/mol. The van der Waals surface area contributed by atoms with Crippen LogP contribution in [-0.4, -0.2) is 49.0 Å². The molecule has 1 saturated heterocycles. The van der Waals surface area contributed by atoms with Gasteiger partial charge in [0, 0.05) is 24.2 Å². The first-order valence-electron chi connectivity index (χ1n) is 8.39. The zero-order chi connectivity index (χ0) is 16.8. The molecule has 23 heavy (non-hydrogen) atoms. The van der Waals surface area contributed by atoms with Gasteiger partial charge < -0.3 is 9.64 Å². The smallest absolute Gasteiger partial charge is 0.239 e. The Balaban J connectivity index is 2.09. The second-order valence-electron chi connectivity index (χ2n) is 6.23. The Labute approximate surface area is 144 Å². The Morgan fingerprint density at radius 2 is 2.17 bits per heavy atom. The van der Waals surface area contributed by atoms with Crippen LogP contribution in [0, 0.1) is 0 Å². The van der Waals surface area contributed by atoms with E-state index < -0.39 is 0 Å². The molecule has 1 heterocycles. The summed E-state index contributed by atoms with van der Waals surface area (Å²) in [6, 6.07) is 5.55. The van der Waals surface area contributed by atoms with E-state index in [1.54, 1.807) is 4.90 Å². The van der Waals surface area contributed by atoms with Crippen molar-refractivity contribution in [3.63, 3.8) is 0 Å². The van der Waals surface area contributed by atoms with Gasteiger partial charge in [-0.3, -0.25) is 9.69 Å². The molecule has 1 aliphatic heterocycles. The van der Waals surface area contributed by atoms with Crippen molar-refractivity contribution in [2.75, 3.05) is 27.2 Å². The third kappa shape index (κ3) is 4.85. The van der Waals surface area contributed by atoms with E-state index >= 15 is 0 Å². The van der Waals surface area contributed by atoms with Gasteiger partial charge in [0.2, 0.25) is 5.91 Å². The van der Waals surface area contributed by atoms with E-state index in [0.29, 0.717) is 18.2 Å². The van der Waals surface area contributed by atoms with Gasteiger partial charge in [-0.25, -0.2) is 0 Å². The molecule has 1 aromatic carbocycles. The number of carbonyl (C=O) groups is 1. The third-order valence-electron chi connectivity index (χ3n) is 4.41. The minimum atomic E-state index is -0.0165. The molecule has 4 nitrogen and oxygen atoms in total. The van der Waals surface area contributed by atoms with Crippen LogP contribution in [0.15, 0.2) is 18.2 Å². The van der Waals surface area contributed by atoms with Crippen molar-refractivity contribution >= 4 is 17.5 Å². The molecule has 1 aromatic rings. The van der Waals surface area contributed by atoms with Crippen LogP contribution in [0.2, 0.25) is 5.02 Å². The van der Waals surface area contributed by atoms with Crippen LogP contribution in [0.1, 0.15) is 38.2 Å². The van der Waals surface area contributed by atoms with Crippen molar-refractivity contribution in [2.24, 2.45) is 0 Å². The summed E-state index contributed by atoms with van der Waals surface area (Å²) in [6.45, 7) is 4.05. The van der Waals surface area contributed by atoms with E-state index in [1.807, 2.05) is 39.2 Å². The Morgan fingerprint density at radius 1 is 1.39 bits per heavy atom. The minimum absolute atomic E-state index is 0.0165. The lowest BCUT2D eigenvalue weighted by atomic mass is 10.1. The Morgan fingerprint density at radius 3 is 2.91 bits per heavy atom. The SMILES string of the molecule is CCOc1ccc(Cl)cc1CN(C)C(=O)[C@@H]1CCCCCN1C. The van der Waals surface area contributed by atoms with Gasteiger partial charge in [-0.05, 0) is 51.6 Å². The van der Waals surface area contributed by atoms with Crippen molar-refractivity contribution in [2.45, 2.75) is 45.2 Å². The average Bonchev–Trinajstić information content (AvgIpc) is 2.74. The van der Waals surface area contributed by atoms with Crippen LogP contribution < -0.4 is 4.74 Å². The predicted molar refractivity (Wildman–Crippen MR) is 94.0 cm³/mol. The number of halogens is 1. The van der Waals surface area contributed by atoms with Gasteiger partial charge in [-0.15, -0.1) is 0 Å². The zero-order valence-corrected chi connectivity index (χ0v) is 15.1. The summed E-state index contributed by atoms with van der Waals surface area (Å²) >= 11 is 6.11. The van der Waals surface area contributed by atoms with Gasteiger partial charge in [0.25, 0.3) is 0 Å². The molecule has 0 aliphatic carbocycles. The molecule has 128 valence electrons. The maximum atomic E-state index is 12.8. The molecule has 1 amide bonds. The molecule has 0 N–H and O–H groups in total. The van der Waals surface area contributed by atoms with Crippen LogP contribution >= 0.6 is 11.6 Å². The third-order valence-corrected chi connectivity index (χ3v) is 4.65. The molecule has 0 saturated carbocycles. The Kier molecular flexibility index (Phi) is 6.72. The van der Waals surface area contributed by atoms with Gasteiger partial charge in [-0.2, -0.15) is 0 Å². The molecule has 5 heteroatoms. The molecule has 0 aromatic heterocycles. The summed E-state index contributed by atoms with van der Waals surface area (Å²) in [5.74, 6) is 0.975. The van der Waals surface area contributed by atoms with Crippen molar-refractivity contribution in [3.05, 3.63) is 28.8 Å². The number of amides is 1. The fourth-order valence-corrected chi connectivity index (χ4v) is 3.31. The number of likely N-dealkylation sites (N-methyl/N-ethyl adjacent to an activating group) is 2. The molecule has 0 unspecified atom stereocenters. The number of likely N-dealkylation sites (tertiary alicyclic amines) is 1. The molecule has 1 fully saturated rings. The molecule has 2 rings (SSSR count).